The molecule has 1 atom stereocenters. The number of aliphatic hydroxyl groups is 2. The second-order valence-electron chi connectivity index (χ2n) is 3.66. The van der Waals surface area contributed by atoms with Gasteiger partial charge in [-0.15, -0.1) is 0 Å². The number of benzene rings is 1. The number of carbonyl (C=O) groups is 1. The van der Waals surface area contributed by atoms with E-state index in [2.05, 4.69) is 0 Å². The molecule has 0 aromatic heterocycles. The quantitative estimate of drug-likeness (QED) is 0.648. The first-order valence-electron chi connectivity index (χ1n) is 4.93. The van der Waals surface area contributed by atoms with Gasteiger partial charge in [-0.3, -0.25) is 0 Å². The first-order chi connectivity index (χ1) is 8.70. The van der Waals surface area contributed by atoms with Crippen LogP contribution in [0, 0.1) is 11.6 Å². The lowest BCUT2D eigenvalue weighted by atomic mass is 10.2. The Balaban J connectivity index is 3.37. The summed E-state index contributed by atoms with van der Waals surface area (Å²) in [6.07, 6.45) is -1.65. The summed E-state index contributed by atoms with van der Waals surface area (Å²) < 4.78 is 50.1. The molecule has 1 aromatic carbocycles. The molecule has 1 aromatic rings. The maximum absolute atomic E-state index is 13.7. The average Bonchev–Trinajstić information content (AvgIpc) is 2.27. The topological polar surface area (TPSA) is 112 Å². The number of aromatic carboxylic acids is 1. The van der Waals surface area contributed by atoms with E-state index >= 15 is 0 Å². The molecule has 106 valence electrons. The molecule has 0 saturated carbocycles. The van der Waals surface area contributed by atoms with Crippen molar-refractivity contribution in [3.05, 3.63) is 29.3 Å². The summed E-state index contributed by atoms with van der Waals surface area (Å²) in [6.45, 7) is -0.867. The first-order valence-corrected chi connectivity index (χ1v) is 6.59. The predicted octanol–water partition coefficient (Wildman–Crippen LogP) is -0.210. The molecule has 0 saturated heterocycles. The summed E-state index contributed by atoms with van der Waals surface area (Å²) in [7, 11) is -4.39. The molecule has 0 spiro atoms. The number of carboxylic acids is 1. The smallest absolute Gasteiger partial charge is 0.341 e. The highest BCUT2D eigenvalue weighted by Crippen LogP contribution is 2.22. The summed E-state index contributed by atoms with van der Waals surface area (Å²) in [6, 6.07) is 1.07. The maximum Gasteiger partial charge on any atom is 0.341 e. The Kier molecular flexibility index (Phi) is 4.56. The summed E-state index contributed by atoms with van der Waals surface area (Å²) in [5, 5.41) is 26.2. The van der Waals surface area contributed by atoms with Crippen molar-refractivity contribution in [2.24, 2.45) is 0 Å². The van der Waals surface area contributed by atoms with Crippen molar-refractivity contribution < 1.29 is 37.3 Å². The lowest BCUT2D eigenvalue weighted by Crippen LogP contribution is -2.25. The van der Waals surface area contributed by atoms with Gasteiger partial charge in [0.15, 0.2) is 15.7 Å². The SMILES string of the molecule is O=C(O)c1c(F)ccc(S(=O)(=O)CC(O)CO)c1F. The van der Waals surface area contributed by atoms with Gasteiger partial charge in [-0.1, -0.05) is 0 Å². The monoisotopic (exact) mass is 296 g/mol. The van der Waals surface area contributed by atoms with Crippen LogP contribution in [0.2, 0.25) is 0 Å². The fourth-order valence-electron chi connectivity index (χ4n) is 1.37. The molecule has 19 heavy (non-hydrogen) atoms. The van der Waals surface area contributed by atoms with Gasteiger partial charge in [0.2, 0.25) is 0 Å². The Labute approximate surface area is 106 Å². The second-order valence-corrected chi connectivity index (χ2v) is 5.66. The fraction of sp³-hybridized carbons (Fsp3) is 0.300. The average molecular weight is 296 g/mol. The highest BCUT2D eigenvalue weighted by Gasteiger charge is 2.28. The molecule has 0 fully saturated rings. The number of hydrogen-bond donors (Lipinski definition) is 3. The Morgan fingerprint density at radius 1 is 1.32 bits per heavy atom. The highest BCUT2D eigenvalue weighted by molar-refractivity contribution is 7.91. The minimum atomic E-state index is -4.39. The van der Waals surface area contributed by atoms with Crippen LogP contribution >= 0.6 is 0 Å². The van der Waals surface area contributed by atoms with Crippen molar-refractivity contribution in [2.75, 3.05) is 12.4 Å². The molecule has 0 bridgehead atoms. The van der Waals surface area contributed by atoms with Gasteiger partial charge in [0.25, 0.3) is 0 Å². The van der Waals surface area contributed by atoms with E-state index in [-0.39, 0.29) is 0 Å². The normalized spacial score (nSPS) is 13.3. The minimum absolute atomic E-state index is 0.505. The van der Waals surface area contributed by atoms with E-state index in [9.17, 15) is 22.0 Å². The molecule has 0 aliphatic heterocycles. The van der Waals surface area contributed by atoms with E-state index in [4.69, 9.17) is 15.3 Å². The summed E-state index contributed by atoms with van der Waals surface area (Å²) in [5.74, 6) is -6.11. The predicted molar refractivity (Wildman–Crippen MR) is 58.5 cm³/mol. The number of hydrogen-bond acceptors (Lipinski definition) is 5. The van der Waals surface area contributed by atoms with Crippen molar-refractivity contribution in [3.8, 4) is 0 Å². The van der Waals surface area contributed by atoms with Gasteiger partial charge >= 0.3 is 5.97 Å². The number of sulfone groups is 1. The standard InChI is InChI=1S/C10H10F2O6S/c11-6-1-2-7(9(12)8(6)10(15)16)19(17,18)4-5(14)3-13/h1-2,5,13-14H,3-4H2,(H,15,16). The zero-order valence-electron chi connectivity index (χ0n) is 9.38. The van der Waals surface area contributed by atoms with Crippen molar-refractivity contribution in [1.29, 1.82) is 0 Å². The van der Waals surface area contributed by atoms with Crippen LogP contribution < -0.4 is 0 Å². The van der Waals surface area contributed by atoms with Gasteiger partial charge in [-0.2, -0.15) is 0 Å². The van der Waals surface area contributed by atoms with Crippen LogP contribution in [0.1, 0.15) is 10.4 Å². The molecular weight excluding hydrogens is 286 g/mol. The van der Waals surface area contributed by atoms with E-state index in [1.165, 1.54) is 0 Å². The largest absolute Gasteiger partial charge is 0.477 e. The third-order valence-electron chi connectivity index (χ3n) is 2.23. The van der Waals surface area contributed by atoms with Gasteiger partial charge in [-0.05, 0) is 12.1 Å². The Hall–Kier alpha value is -1.58. The minimum Gasteiger partial charge on any atom is -0.477 e. The maximum atomic E-state index is 13.7. The van der Waals surface area contributed by atoms with Crippen molar-refractivity contribution in [3.63, 3.8) is 0 Å². The van der Waals surface area contributed by atoms with E-state index in [1.807, 2.05) is 0 Å². The van der Waals surface area contributed by atoms with Gasteiger partial charge in [0.1, 0.15) is 16.3 Å². The lowest BCUT2D eigenvalue weighted by Gasteiger charge is -2.10. The van der Waals surface area contributed by atoms with E-state index in [1.54, 1.807) is 0 Å². The van der Waals surface area contributed by atoms with Crippen molar-refractivity contribution >= 4 is 15.8 Å². The van der Waals surface area contributed by atoms with Crippen LogP contribution in [-0.2, 0) is 9.84 Å². The third kappa shape index (κ3) is 3.25. The van der Waals surface area contributed by atoms with Gasteiger partial charge < -0.3 is 15.3 Å². The van der Waals surface area contributed by atoms with Crippen LogP contribution in [0.4, 0.5) is 8.78 Å². The molecule has 0 aliphatic rings. The van der Waals surface area contributed by atoms with Crippen LogP contribution in [0.15, 0.2) is 17.0 Å². The molecule has 1 rings (SSSR count). The third-order valence-corrected chi connectivity index (χ3v) is 4.04. The summed E-state index contributed by atoms with van der Waals surface area (Å²) in [4.78, 5) is 9.59. The van der Waals surface area contributed by atoms with Crippen LogP contribution in [0.3, 0.4) is 0 Å². The Bertz CT molecular complexity index is 598. The molecule has 0 amide bonds. The Morgan fingerprint density at radius 3 is 2.37 bits per heavy atom. The molecule has 0 aliphatic carbocycles. The van der Waals surface area contributed by atoms with E-state index in [0.29, 0.717) is 12.1 Å². The van der Waals surface area contributed by atoms with Gasteiger partial charge in [0, 0.05) is 0 Å². The molecule has 3 N–H and O–H groups in total. The molecular formula is C10H10F2O6S. The van der Waals surface area contributed by atoms with Gasteiger partial charge in [0.05, 0.1) is 18.5 Å². The zero-order valence-corrected chi connectivity index (χ0v) is 10.2. The van der Waals surface area contributed by atoms with E-state index in [0.717, 1.165) is 0 Å². The van der Waals surface area contributed by atoms with Crippen LogP contribution in [-0.4, -0.2) is 48.2 Å². The number of aliphatic hydroxyl groups excluding tert-OH is 2. The molecule has 6 nitrogen and oxygen atoms in total. The first kappa shape index (κ1) is 15.5. The number of rotatable bonds is 5. The zero-order chi connectivity index (χ0) is 14.8. The highest BCUT2D eigenvalue weighted by atomic mass is 32.2. The molecule has 0 heterocycles. The summed E-state index contributed by atoms with van der Waals surface area (Å²) in [5.41, 5.74) is -1.39. The summed E-state index contributed by atoms with van der Waals surface area (Å²) >= 11 is 0. The number of halogens is 2. The molecule has 1 unspecified atom stereocenters. The molecule has 9 heteroatoms. The lowest BCUT2D eigenvalue weighted by molar-refractivity contribution is 0.0685. The number of carboxylic acid groups (broad SMARTS) is 1. The molecule has 0 radical (unpaired) electrons. The fourth-order valence-corrected chi connectivity index (χ4v) is 2.81. The van der Waals surface area contributed by atoms with Crippen LogP contribution in [0.5, 0.6) is 0 Å². The Morgan fingerprint density at radius 2 is 1.89 bits per heavy atom. The van der Waals surface area contributed by atoms with Gasteiger partial charge in [-0.25, -0.2) is 22.0 Å². The van der Waals surface area contributed by atoms with Crippen molar-refractivity contribution in [1.82, 2.24) is 0 Å². The van der Waals surface area contributed by atoms with E-state index < -0.39 is 56.4 Å². The van der Waals surface area contributed by atoms with Crippen LogP contribution in [0.25, 0.3) is 0 Å². The second kappa shape index (κ2) is 5.59. The van der Waals surface area contributed by atoms with Crippen molar-refractivity contribution in [2.45, 2.75) is 11.0 Å².